The van der Waals surface area contributed by atoms with Crippen molar-refractivity contribution in [2.24, 2.45) is 0 Å². The van der Waals surface area contributed by atoms with E-state index in [1.807, 2.05) is 37.3 Å². The normalized spacial score (nSPS) is 12.5. The van der Waals surface area contributed by atoms with Crippen LogP contribution in [-0.4, -0.2) is 5.78 Å². The summed E-state index contributed by atoms with van der Waals surface area (Å²) in [7, 11) is 0. The number of hydrogen-bond donors (Lipinski definition) is 2. The summed E-state index contributed by atoms with van der Waals surface area (Å²) in [5, 5.41) is 3.48. The van der Waals surface area contributed by atoms with E-state index in [-0.39, 0.29) is 5.78 Å². The van der Waals surface area contributed by atoms with Crippen LogP contribution in [0.2, 0.25) is 0 Å². The second-order valence-electron chi connectivity index (χ2n) is 6.53. The molecule has 0 fully saturated rings. The van der Waals surface area contributed by atoms with E-state index in [1.54, 1.807) is 6.07 Å². The number of aryl methyl sites for hydroxylation is 1. The largest absolute Gasteiger partial charge is 0.399 e. The molecule has 0 radical (unpaired) electrons. The minimum absolute atomic E-state index is 0.0427. The Morgan fingerprint density at radius 1 is 1.00 bits per heavy atom. The lowest BCUT2D eigenvalue weighted by Gasteiger charge is -2.13. The van der Waals surface area contributed by atoms with Crippen molar-refractivity contribution in [1.82, 2.24) is 0 Å². The van der Waals surface area contributed by atoms with Gasteiger partial charge in [-0.2, -0.15) is 0 Å². The van der Waals surface area contributed by atoms with Crippen molar-refractivity contribution in [2.45, 2.75) is 19.9 Å². The first-order valence-corrected chi connectivity index (χ1v) is 8.47. The third kappa shape index (κ3) is 2.78. The third-order valence-corrected chi connectivity index (χ3v) is 4.91. The number of carbonyl (C=O) groups is 1. The number of nitrogen functional groups attached to an aromatic ring is 1. The molecule has 0 amide bonds. The molecule has 1 aliphatic heterocycles. The highest BCUT2D eigenvalue weighted by Crippen LogP contribution is 2.30. The monoisotopic (exact) mass is 328 g/mol. The molecule has 0 unspecified atom stereocenters. The first kappa shape index (κ1) is 15.5. The van der Waals surface area contributed by atoms with Gasteiger partial charge in [-0.3, -0.25) is 4.79 Å². The van der Waals surface area contributed by atoms with Crippen LogP contribution in [0.1, 0.15) is 38.2 Å². The van der Waals surface area contributed by atoms with Crippen LogP contribution < -0.4 is 11.1 Å². The van der Waals surface area contributed by atoms with Crippen LogP contribution >= 0.6 is 0 Å². The van der Waals surface area contributed by atoms with Gasteiger partial charge in [-0.1, -0.05) is 36.4 Å². The van der Waals surface area contributed by atoms with Gasteiger partial charge in [0, 0.05) is 35.5 Å². The Bertz CT molecular complexity index is 976. The van der Waals surface area contributed by atoms with Crippen molar-refractivity contribution in [3.05, 3.63) is 94.0 Å². The smallest absolute Gasteiger partial charge is 0.193 e. The van der Waals surface area contributed by atoms with Crippen LogP contribution in [0.15, 0.2) is 60.7 Å². The van der Waals surface area contributed by atoms with Crippen molar-refractivity contribution in [3.63, 3.8) is 0 Å². The molecule has 1 aliphatic rings. The number of hydrogen-bond acceptors (Lipinski definition) is 3. The average Bonchev–Trinajstić information content (AvgIpc) is 2.82. The number of anilines is 2. The van der Waals surface area contributed by atoms with E-state index in [0.29, 0.717) is 11.3 Å². The van der Waals surface area contributed by atoms with Crippen molar-refractivity contribution in [2.75, 3.05) is 11.1 Å². The summed E-state index contributed by atoms with van der Waals surface area (Å²) in [5.74, 6) is 0.0427. The van der Waals surface area contributed by atoms with Gasteiger partial charge in [0.25, 0.3) is 0 Å². The van der Waals surface area contributed by atoms with E-state index in [0.717, 1.165) is 35.3 Å². The fourth-order valence-electron chi connectivity index (χ4n) is 3.41. The summed E-state index contributed by atoms with van der Waals surface area (Å²) < 4.78 is 0. The molecule has 0 bridgehead atoms. The maximum Gasteiger partial charge on any atom is 0.193 e. The molecule has 0 saturated heterocycles. The summed E-state index contributed by atoms with van der Waals surface area (Å²) in [6, 6.07) is 19.8. The van der Waals surface area contributed by atoms with Crippen LogP contribution in [0.25, 0.3) is 0 Å². The Kier molecular flexibility index (Phi) is 3.77. The Labute approximate surface area is 147 Å². The predicted octanol–water partition coefficient (Wildman–Crippen LogP) is 4.32. The van der Waals surface area contributed by atoms with Gasteiger partial charge in [0.15, 0.2) is 5.78 Å². The molecule has 3 heteroatoms. The molecular formula is C22H20N2O. The lowest BCUT2D eigenvalue weighted by molar-refractivity contribution is 0.103. The van der Waals surface area contributed by atoms with Crippen LogP contribution in [0, 0.1) is 6.92 Å². The number of ketones is 1. The van der Waals surface area contributed by atoms with Gasteiger partial charge in [0.05, 0.1) is 0 Å². The fraction of sp³-hybridized carbons (Fsp3) is 0.136. The predicted molar refractivity (Wildman–Crippen MR) is 102 cm³/mol. The van der Waals surface area contributed by atoms with E-state index in [9.17, 15) is 4.79 Å². The summed E-state index contributed by atoms with van der Waals surface area (Å²) >= 11 is 0. The zero-order valence-electron chi connectivity index (χ0n) is 14.2. The van der Waals surface area contributed by atoms with Gasteiger partial charge in [0.2, 0.25) is 0 Å². The Morgan fingerprint density at radius 3 is 2.60 bits per heavy atom. The minimum atomic E-state index is 0.0427. The summed E-state index contributed by atoms with van der Waals surface area (Å²) in [6.45, 7) is 2.71. The molecule has 3 N–H and O–H groups in total. The average molecular weight is 328 g/mol. The van der Waals surface area contributed by atoms with E-state index < -0.39 is 0 Å². The van der Waals surface area contributed by atoms with Gasteiger partial charge in [-0.15, -0.1) is 0 Å². The van der Waals surface area contributed by atoms with Crippen LogP contribution in [0.4, 0.5) is 11.4 Å². The second kappa shape index (κ2) is 6.10. The number of rotatable bonds is 2. The summed E-state index contributed by atoms with van der Waals surface area (Å²) in [4.78, 5) is 13.1. The molecule has 3 nitrogen and oxygen atoms in total. The molecule has 0 aromatic heterocycles. The molecule has 0 atom stereocenters. The maximum absolute atomic E-state index is 13.1. The van der Waals surface area contributed by atoms with Gasteiger partial charge in [-0.25, -0.2) is 0 Å². The minimum Gasteiger partial charge on any atom is -0.399 e. The highest BCUT2D eigenvalue weighted by molar-refractivity contribution is 6.11. The summed E-state index contributed by atoms with van der Waals surface area (Å²) in [5.41, 5.74) is 13.6. The number of nitrogens with one attached hydrogen (secondary N) is 1. The van der Waals surface area contributed by atoms with E-state index in [4.69, 9.17) is 5.73 Å². The van der Waals surface area contributed by atoms with E-state index >= 15 is 0 Å². The Morgan fingerprint density at radius 2 is 1.80 bits per heavy atom. The number of nitrogens with two attached hydrogens (primary N) is 1. The number of carbonyl (C=O) groups excluding carboxylic acids is 1. The van der Waals surface area contributed by atoms with Gasteiger partial charge >= 0.3 is 0 Å². The Balaban J connectivity index is 1.80. The molecule has 3 aromatic carbocycles. The van der Waals surface area contributed by atoms with Crippen molar-refractivity contribution in [3.8, 4) is 0 Å². The molecule has 0 spiro atoms. The molecule has 124 valence electrons. The second-order valence-corrected chi connectivity index (χ2v) is 6.53. The van der Waals surface area contributed by atoms with Gasteiger partial charge in [-0.05, 0) is 53.4 Å². The molecule has 0 aliphatic carbocycles. The number of benzene rings is 3. The summed E-state index contributed by atoms with van der Waals surface area (Å²) in [6.07, 6.45) is 0.758. The van der Waals surface area contributed by atoms with Crippen LogP contribution in [-0.2, 0) is 13.0 Å². The van der Waals surface area contributed by atoms with Crippen LogP contribution in [0.3, 0.4) is 0 Å². The molecule has 25 heavy (non-hydrogen) atoms. The van der Waals surface area contributed by atoms with Gasteiger partial charge < -0.3 is 11.1 Å². The molecule has 3 aromatic rings. The standard InChI is InChI=1S/C22H20N2O/c1-14-11-16(9-10-20(14)23)22(25)18-7-4-8-21-19(18)12-15-5-2-3-6-17(15)13-24-21/h2-11,24H,12-13,23H2,1H3. The van der Waals surface area contributed by atoms with Crippen molar-refractivity contribution < 1.29 is 4.79 Å². The van der Waals surface area contributed by atoms with Crippen molar-refractivity contribution in [1.29, 1.82) is 0 Å². The van der Waals surface area contributed by atoms with Crippen molar-refractivity contribution >= 4 is 17.2 Å². The molecule has 1 heterocycles. The highest BCUT2D eigenvalue weighted by Gasteiger charge is 2.20. The number of fused-ring (bicyclic) bond motifs is 2. The first-order chi connectivity index (χ1) is 12.1. The van der Waals surface area contributed by atoms with E-state index in [2.05, 4.69) is 29.6 Å². The molecular weight excluding hydrogens is 308 g/mol. The topological polar surface area (TPSA) is 55.1 Å². The maximum atomic E-state index is 13.1. The molecule has 0 saturated carbocycles. The lowest BCUT2D eigenvalue weighted by Crippen LogP contribution is -2.08. The Hall–Kier alpha value is -3.07. The third-order valence-electron chi connectivity index (χ3n) is 4.91. The zero-order valence-corrected chi connectivity index (χ0v) is 14.2. The van der Waals surface area contributed by atoms with E-state index in [1.165, 1.54) is 11.1 Å². The quantitative estimate of drug-likeness (QED) is 0.544. The lowest BCUT2D eigenvalue weighted by atomic mass is 9.92. The van der Waals surface area contributed by atoms with Crippen LogP contribution in [0.5, 0.6) is 0 Å². The highest BCUT2D eigenvalue weighted by atomic mass is 16.1. The molecule has 4 rings (SSSR count). The zero-order chi connectivity index (χ0) is 17.4. The fourth-order valence-corrected chi connectivity index (χ4v) is 3.41. The SMILES string of the molecule is Cc1cc(C(=O)c2cccc3c2Cc2ccccc2CN3)ccc1N. The van der Waals surface area contributed by atoms with Gasteiger partial charge in [0.1, 0.15) is 0 Å². The first-order valence-electron chi connectivity index (χ1n) is 8.47.